The number of thiophene rings is 1. The first-order chi connectivity index (χ1) is 17.2. The van der Waals surface area contributed by atoms with Crippen molar-refractivity contribution in [2.45, 2.75) is 4.90 Å². The molecule has 36 heavy (non-hydrogen) atoms. The van der Waals surface area contributed by atoms with Crippen LogP contribution in [0.25, 0.3) is 11.1 Å². The highest BCUT2D eigenvalue weighted by Crippen LogP contribution is 2.36. The topological polar surface area (TPSA) is 96.0 Å². The summed E-state index contributed by atoms with van der Waals surface area (Å²) in [6, 6.07) is 10.3. The first-order valence-electron chi connectivity index (χ1n) is 10.9. The Balaban J connectivity index is 1.40. The number of carbonyl (C=O) groups excluding carboxylic acids is 2. The predicted molar refractivity (Wildman–Crippen MR) is 131 cm³/mol. The molecule has 0 unspecified atom stereocenters. The number of nitrogens with one attached hydrogen (secondary N) is 1. The normalized spacial score (nSPS) is 15.0. The molecule has 1 N–H and O–H groups in total. The quantitative estimate of drug-likeness (QED) is 0.466. The van der Waals surface area contributed by atoms with Gasteiger partial charge in [0.2, 0.25) is 15.9 Å². The molecule has 1 aliphatic rings. The van der Waals surface area contributed by atoms with Crippen LogP contribution < -0.4 is 5.32 Å². The summed E-state index contributed by atoms with van der Waals surface area (Å²) in [5, 5.41) is 4.74. The molecule has 0 spiro atoms. The lowest BCUT2D eigenvalue weighted by molar-refractivity contribution is -0.117. The summed E-state index contributed by atoms with van der Waals surface area (Å²) < 4.78 is 58.2. The van der Waals surface area contributed by atoms with Crippen molar-refractivity contribution in [2.24, 2.45) is 0 Å². The van der Waals surface area contributed by atoms with Gasteiger partial charge in [0, 0.05) is 37.1 Å². The Bertz CT molecular complexity index is 1350. The van der Waals surface area contributed by atoms with Gasteiger partial charge in [0.25, 0.3) is 0 Å². The number of anilines is 1. The molecule has 1 aromatic heterocycles. The maximum absolute atomic E-state index is 13.3. The summed E-state index contributed by atoms with van der Waals surface area (Å²) >= 11 is 1.15. The van der Waals surface area contributed by atoms with E-state index in [9.17, 15) is 26.8 Å². The number of amides is 1. The van der Waals surface area contributed by atoms with Crippen molar-refractivity contribution >= 4 is 38.2 Å². The van der Waals surface area contributed by atoms with Crippen LogP contribution in [-0.4, -0.2) is 69.3 Å². The molecule has 0 aliphatic carbocycles. The Morgan fingerprint density at radius 3 is 2.14 bits per heavy atom. The molecule has 12 heteroatoms. The van der Waals surface area contributed by atoms with Crippen molar-refractivity contribution in [1.29, 1.82) is 0 Å². The number of rotatable bonds is 7. The number of nitrogens with zero attached hydrogens (tertiary/aromatic N) is 2. The van der Waals surface area contributed by atoms with E-state index in [0.717, 1.165) is 23.5 Å². The van der Waals surface area contributed by atoms with Crippen LogP contribution in [0, 0.1) is 11.6 Å². The predicted octanol–water partition coefficient (Wildman–Crippen LogP) is 3.42. The maximum Gasteiger partial charge on any atom is 0.341 e. The first kappa shape index (κ1) is 25.9. The van der Waals surface area contributed by atoms with E-state index in [1.165, 1.54) is 47.8 Å². The number of hydrogen-bond donors (Lipinski definition) is 1. The van der Waals surface area contributed by atoms with Gasteiger partial charge >= 0.3 is 5.97 Å². The lowest BCUT2D eigenvalue weighted by atomic mass is 10.0. The van der Waals surface area contributed by atoms with Crippen LogP contribution in [-0.2, 0) is 19.6 Å². The highest BCUT2D eigenvalue weighted by atomic mass is 32.2. The molecule has 2 aromatic carbocycles. The molecule has 1 amide bonds. The van der Waals surface area contributed by atoms with Gasteiger partial charge in [-0.3, -0.25) is 9.69 Å². The smallest absolute Gasteiger partial charge is 0.341 e. The number of benzene rings is 2. The molecule has 0 radical (unpaired) electrons. The van der Waals surface area contributed by atoms with Crippen LogP contribution in [0.4, 0.5) is 13.8 Å². The molecule has 4 rings (SSSR count). The number of esters is 1. The average Bonchev–Trinajstić information content (AvgIpc) is 3.27. The van der Waals surface area contributed by atoms with Crippen LogP contribution in [0.15, 0.2) is 58.8 Å². The number of carbonyl (C=O) groups is 2. The third-order valence-electron chi connectivity index (χ3n) is 5.74. The highest BCUT2D eigenvalue weighted by Gasteiger charge is 2.29. The Morgan fingerprint density at radius 2 is 1.56 bits per heavy atom. The second-order valence-electron chi connectivity index (χ2n) is 8.03. The largest absolute Gasteiger partial charge is 0.465 e. The molecule has 1 saturated heterocycles. The standard InChI is InChI=1S/C24H23F2N3O5S2/c1-34-24(31)22-20(16-2-4-17(25)5-3-16)15-35-23(22)27-21(30)14-28-10-12-29(13-11-28)36(32,33)19-8-6-18(26)7-9-19/h2-9,15H,10-14H2,1H3,(H,27,30). The van der Waals surface area contributed by atoms with Gasteiger partial charge in [0.05, 0.1) is 18.6 Å². The fraction of sp³-hybridized carbons (Fsp3) is 0.250. The second kappa shape index (κ2) is 10.8. The molecule has 1 aliphatic heterocycles. The van der Waals surface area contributed by atoms with Crippen molar-refractivity contribution in [1.82, 2.24) is 9.21 Å². The zero-order valence-electron chi connectivity index (χ0n) is 19.2. The van der Waals surface area contributed by atoms with E-state index in [4.69, 9.17) is 4.74 Å². The van der Waals surface area contributed by atoms with E-state index >= 15 is 0 Å². The van der Waals surface area contributed by atoms with Gasteiger partial charge in [0.1, 0.15) is 22.2 Å². The van der Waals surface area contributed by atoms with Gasteiger partial charge in [-0.25, -0.2) is 22.0 Å². The van der Waals surface area contributed by atoms with E-state index in [1.54, 1.807) is 10.3 Å². The fourth-order valence-electron chi connectivity index (χ4n) is 3.85. The molecular weight excluding hydrogens is 512 g/mol. The van der Waals surface area contributed by atoms with Crippen molar-refractivity contribution in [2.75, 3.05) is 45.2 Å². The summed E-state index contributed by atoms with van der Waals surface area (Å²) in [5.41, 5.74) is 1.30. The summed E-state index contributed by atoms with van der Waals surface area (Å²) in [5.74, 6) is -1.93. The average molecular weight is 536 g/mol. The molecule has 0 saturated carbocycles. The van der Waals surface area contributed by atoms with E-state index in [1.807, 2.05) is 0 Å². The lowest BCUT2D eigenvalue weighted by Crippen LogP contribution is -2.50. The van der Waals surface area contributed by atoms with Gasteiger partial charge in [-0.1, -0.05) is 12.1 Å². The van der Waals surface area contributed by atoms with Crippen LogP contribution in [0.2, 0.25) is 0 Å². The highest BCUT2D eigenvalue weighted by molar-refractivity contribution is 7.89. The molecule has 3 aromatic rings. The first-order valence-corrected chi connectivity index (χ1v) is 13.2. The maximum atomic E-state index is 13.3. The summed E-state index contributed by atoms with van der Waals surface area (Å²) in [4.78, 5) is 27.0. The van der Waals surface area contributed by atoms with Crippen molar-refractivity contribution in [3.63, 3.8) is 0 Å². The Labute approximate surface area is 211 Å². The van der Waals surface area contributed by atoms with E-state index in [2.05, 4.69) is 5.32 Å². The van der Waals surface area contributed by atoms with E-state index in [-0.39, 0.29) is 36.0 Å². The van der Waals surface area contributed by atoms with Crippen LogP contribution >= 0.6 is 11.3 Å². The second-order valence-corrected chi connectivity index (χ2v) is 10.9. The van der Waals surface area contributed by atoms with Crippen LogP contribution in [0.1, 0.15) is 10.4 Å². The van der Waals surface area contributed by atoms with Gasteiger partial charge < -0.3 is 10.1 Å². The number of piperazine rings is 1. The van der Waals surface area contributed by atoms with Crippen LogP contribution in [0.5, 0.6) is 0 Å². The van der Waals surface area contributed by atoms with Gasteiger partial charge in [-0.15, -0.1) is 11.3 Å². The minimum absolute atomic E-state index is 0.00513. The summed E-state index contributed by atoms with van der Waals surface area (Å²) in [6.07, 6.45) is 0. The fourth-order valence-corrected chi connectivity index (χ4v) is 6.25. The van der Waals surface area contributed by atoms with Gasteiger partial charge in [-0.2, -0.15) is 4.31 Å². The number of ether oxygens (including phenoxy) is 1. The number of halogens is 2. The van der Waals surface area contributed by atoms with Crippen molar-refractivity contribution < 1.29 is 31.5 Å². The third-order valence-corrected chi connectivity index (χ3v) is 8.55. The molecule has 2 heterocycles. The zero-order chi connectivity index (χ0) is 25.9. The molecule has 8 nitrogen and oxygen atoms in total. The van der Waals surface area contributed by atoms with Gasteiger partial charge in [-0.05, 0) is 42.0 Å². The molecule has 0 bridgehead atoms. The summed E-state index contributed by atoms with van der Waals surface area (Å²) in [6.45, 7) is 0.989. The number of sulfonamides is 1. The van der Waals surface area contributed by atoms with E-state index < -0.39 is 27.6 Å². The minimum Gasteiger partial charge on any atom is -0.465 e. The Kier molecular flexibility index (Phi) is 7.79. The Morgan fingerprint density at radius 1 is 0.972 bits per heavy atom. The van der Waals surface area contributed by atoms with Crippen molar-refractivity contribution in [3.05, 3.63) is 71.1 Å². The van der Waals surface area contributed by atoms with Crippen LogP contribution in [0.3, 0.4) is 0 Å². The molecule has 1 fully saturated rings. The summed E-state index contributed by atoms with van der Waals surface area (Å²) in [7, 11) is -2.52. The third kappa shape index (κ3) is 5.62. The molecule has 190 valence electrons. The SMILES string of the molecule is COC(=O)c1c(-c2ccc(F)cc2)csc1NC(=O)CN1CCN(S(=O)(=O)c2ccc(F)cc2)CC1. The minimum atomic E-state index is -3.76. The Hall–Kier alpha value is -3.19. The number of hydrogen-bond acceptors (Lipinski definition) is 7. The number of methoxy groups -OCH3 is 1. The zero-order valence-corrected chi connectivity index (χ0v) is 20.9. The molecular formula is C24H23F2N3O5S2. The molecule has 0 atom stereocenters. The lowest BCUT2D eigenvalue weighted by Gasteiger charge is -2.33. The van der Waals surface area contributed by atoms with Crippen molar-refractivity contribution in [3.8, 4) is 11.1 Å². The monoisotopic (exact) mass is 535 g/mol. The van der Waals surface area contributed by atoms with E-state index in [0.29, 0.717) is 29.2 Å². The van der Waals surface area contributed by atoms with Gasteiger partial charge in [0.15, 0.2) is 0 Å².